The summed E-state index contributed by atoms with van der Waals surface area (Å²) in [5.74, 6) is 6.66. The van der Waals surface area contributed by atoms with Gasteiger partial charge in [0.1, 0.15) is 0 Å². The van der Waals surface area contributed by atoms with Crippen LogP contribution in [0.4, 0.5) is 0 Å². The van der Waals surface area contributed by atoms with E-state index in [2.05, 4.69) is 64.3 Å². The Labute approximate surface area is 161 Å². The molecule has 1 aliphatic carbocycles. The molecule has 0 fully saturated rings. The zero-order valence-electron chi connectivity index (χ0n) is 15.5. The average molecular weight is 368 g/mol. The summed E-state index contributed by atoms with van der Waals surface area (Å²) in [5, 5.41) is 8.81. The van der Waals surface area contributed by atoms with Gasteiger partial charge in [0.05, 0.1) is 12.2 Å². The highest BCUT2D eigenvalue weighted by Gasteiger charge is 2.10. The first-order valence-electron chi connectivity index (χ1n) is 9.24. The zero-order valence-corrected chi connectivity index (χ0v) is 16.2. The Morgan fingerprint density at radius 1 is 1.35 bits per heavy atom. The van der Waals surface area contributed by atoms with Crippen LogP contribution >= 0.6 is 11.6 Å². The van der Waals surface area contributed by atoms with Gasteiger partial charge in [-0.2, -0.15) is 0 Å². The van der Waals surface area contributed by atoms with Crippen molar-refractivity contribution in [2.75, 3.05) is 13.6 Å². The number of rotatable bonds is 6. The second kappa shape index (κ2) is 9.09. The van der Waals surface area contributed by atoms with Crippen molar-refractivity contribution in [1.82, 2.24) is 15.2 Å². The maximum atomic E-state index is 5.96. The van der Waals surface area contributed by atoms with Crippen molar-refractivity contribution in [3.8, 4) is 11.8 Å². The minimum atomic E-state index is 0.315. The standard InChI is InChI=1S/C22H26ClN3/c1-3-14-26-20(7-5-13-25-19-11-9-18(23)10-12-19)15-21-17(16-24-2)6-4-8-22(21)26/h4,6,8-11,15,19,24-25H,3,12-14,16H2,1-2H3. The molecule has 3 rings (SSSR count). The van der Waals surface area contributed by atoms with Crippen LogP contribution in [0.15, 0.2) is 47.5 Å². The number of allylic oxidation sites excluding steroid dienone is 2. The number of nitrogens with zero attached hydrogens (tertiary/aromatic N) is 1. The highest BCUT2D eigenvalue weighted by molar-refractivity contribution is 6.31. The molecule has 4 heteroatoms. The van der Waals surface area contributed by atoms with E-state index in [9.17, 15) is 0 Å². The van der Waals surface area contributed by atoms with Crippen LogP contribution in [-0.4, -0.2) is 24.2 Å². The molecule has 0 aliphatic heterocycles. The minimum Gasteiger partial charge on any atom is -0.334 e. The number of halogens is 1. The van der Waals surface area contributed by atoms with Gasteiger partial charge in [-0.3, -0.25) is 5.32 Å². The first-order valence-corrected chi connectivity index (χ1v) is 9.62. The highest BCUT2D eigenvalue weighted by atomic mass is 35.5. The molecule has 136 valence electrons. The lowest BCUT2D eigenvalue weighted by Gasteiger charge is -2.13. The van der Waals surface area contributed by atoms with E-state index in [1.165, 1.54) is 16.5 Å². The van der Waals surface area contributed by atoms with Crippen LogP contribution < -0.4 is 10.6 Å². The van der Waals surface area contributed by atoms with Crippen LogP contribution in [0.2, 0.25) is 0 Å². The Morgan fingerprint density at radius 3 is 2.96 bits per heavy atom. The number of nitrogens with one attached hydrogen (secondary N) is 2. The van der Waals surface area contributed by atoms with Gasteiger partial charge in [-0.1, -0.05) is 48.7 Å². The number of aromatic nitrogens is 1. The van der Waals surface area contributed by atoms with Gasteiger partial charge in [-0.05, 0) is 49.6 Å². The Kier molecular flexibility index (Phi) is 6.57. The van der Waals surface area contributed by atoms with E-state index in [0.29, 0.717) is 12.6 Å². The van der Waals surface area contributed by atoms with Crippen LogP contribution in [0.3, 0.4) is 0 Å². The number of benzene rings is 1. The Morgan fingerprint density at radius 2 is 2.23 bits per heavy atom. The minimum absolute atomic E-state index is 0.315. The van der Waals surface area contributed by atoms with Gasteiger partial charge in [-0.25, -0.2) is 0 Å². The van der Waals surface area contributed by atoms with Crippen LogP contribution in [0.5, 0.6) is 0 Å². The van der Waals surface area contributed by atoms with Gasteiger partial charge in [0.2, 0.25) is 0 Å². The summed E-state index contributed by atoms with van der Waals surface area (Å²) in [6.07, 6.45) is 8.09. The maximum Gasteiger partial charge on any atom is 0.0931 e. The summed E-state index contributed by atoms with van der Waals surface area (Å²) in [6.45, 7) is 4.72. The van der Waals surface area contributed by atoms with E-state index < -0.39 is 0 Å². The summed E-state index contributed by atoms with van der Waals surface area (Å²) in [4.78, 5) is 0. The molecule has 0 saturated heterocycles. The number of hydrogen-bond acceptors (Lipinski definition) is 2. The van der Waals surface area contributed by atoms with Crippen molar-refractivity contribution in [1.29, 1.82) is 0 Å². The SMILES string of the molecule is CCCn1c(C#CCNC2C=CC(Cl)=CC2)cc2c(CNC)cccc21. The molecule has 1 heterocycles. The molecule has 1 unspecified atom stereocenters. The Balaban J connectivity index is 1.78. The van der Waals surface area contributed by atoms with Crippen LogP contribution in [0.25, 0.3) is 10.9 Å². The van der Waals surface area contributed by atoms with Crippen molar-refractivity contribution in [2.45, 2.75) is 38.9 Å². The van der Waals surface area contributed by atoms with Gasteiger partial charge < -0.3 is 9.88 Å². The van der Waals surface area contributed by atoms with Crippen LogP contribution in [0.1, 0.15) is 31.0 Å². The molecule has 1 atom stereocenters. The van der Waals surface area contributed by atoms with E-state index in [1.54, 1.807) is 0 Å². The third kappa shape index (κ3) is 4.40. The quantitative estimate of drug-likeness (QED) is 0.750. The van der Waals surface area contributed by atoms with Crippen molar-refractivity contribution in [2.24, 2.45) is 0 Å². The normalized spacial score (nSPS) is 16.4. The molecular weight excluding hydrogens is 342 g/mol. The van der Waals surface area contributed by atoms with Gasteiger partial charge in [0.15, 0.2) is 0 Å². The van der Waals surface area contributed by atoms with Gasteiger partial charge in [0.25, 0.3) is 0 Å². The lowest BCUT2D eigenvalue weighted by molar-refractivity contribution is 0.642. The summed E-state index contributed by atoms with van der Waals surface area (Å²) >= 11 is 5.96. The zero-order chi connectivity index (χ0) is 18.4. The molecule has 1 aromatic carbocycles. The first kappa shape index (κ1) is 18.8. The lowest BCUT2D eigenvalue weighted by atomic mass is 10.1. The lowest BCUT2D eigenvalue weighted by Crippen LogP contribution is -2.27. The second-order valence-electron chi connectivity index (χ2n) is 6.53. The topological polar surface area (TPSA) is 29.0 Å². The molecule has 2 N–H and O–H groups in total. The van der Waals surface area contributed by atoms with Crippen LogP contribution in [0, 0.1) is 11.8 Å². The monoisotopic (exact) mass is 367 g/mol. The van der Waals surface area contributed by atoms with Crippen molar-refractivity contribution in [3.05, 3.63) is 58.8 Å². The molecule has 1 aliphatic rings. The molecule has 0 amide bonds. The molecule has 2 aromatic rings. The number of fused-ring (bicyclic) bond motifs is 1. The number of aryl methyl sites for hydroxylation is 1. The molecule has 0 saturated carbocycles. The fourth-order valence-corrected chi connectivity index (χ4v) is 3.48. The third-order valence-electron chi connectivity index (χ3n) is 4.57. The summed E-state index contributed by atoms with van der Waals surface area (Å²) < 4.78 is 2.34. The molecule has 3 nitrogen and oxygen atoms in total. The van der Waals surface area contributed by atoms with Crippen LogP contribution in [-0.2, 0) is 13.1 Å². The summed E-state index contributed by atoms with van der Waals surface area (Å²) in [5.41, 5.74) is 3.68. The smallest absolute Gasteiger partial charge is 0.0931 e. The Hall–Kier alpha value is -1.99. The first-order chi connectivity index (χ1) is 12.7. The van der Waals surface area contributed by atoms with E-state index >= 15 is 0 Å². The largest absolute Gasteiger partial charge is 0.334 e. The molecule has 0 spiro atoms. The third-order valence-corrected chi connectivity index (χ3v) is 4.85. The molecule has 0 bridgehead atoms. The van der Waals surface area contributed by atoms with Crippen molar-refractivity contribution < 1.29 is 0 Å². The Bertz CT molecular complexity index is 880. The second-order valence-corrected chi connectivity index (χ2v) is 6.97. The van der Waals surface area contributed by atoms with Crippen molar-refractivity contribution >= 4 is 22.5 Å². The summed E-state index contributed by atoms with van der Waals surface area (Å²) in [7, 11) is 1.98. The molecule has 0 radical (unpaired) electrons. The fourth-order valence-electron chi connectivity index (χ4n) is 3.32. The van der Waals surface area contributed by atoms with E-state index in [0.717, 1.165) is 36.7 Å². The van der Waals surface area contributed by atoms with Crippen molar-refractivity contribution in [3.63, 3.8) is 0 Å². The molecule has 1 aromatic heterocycles. The number of hydrogen-bond donors (Lipinski definition) is 2. The average Bonchev–Trinajstić information content (AvgIpc) is 3.00. The fraction of sp³-hybridized carbons (Fsp3) is 0.364. The van der Waals surface area contributed by atoms with Gasteiger partial charge in [0, 0.05) is 35.1 Å². The van der Waals surface area contributed by atoms with Gasteiger partial charge >= 0.3 is 0 Å². The van der Waals surface area contributed by atoms with E-state index in [1.807, 2.05) is 19.2 Å². The van der Waals surface area contributed by atoms with E-state index in [4.69, 9.17) is 11.6 Å². The predicted molar refractivity (Wildman–Crippen MR) is 111 cm³/mol. The van der Waals surface area contributed by atoms with E-state index in [-0.39, 0.29) is 0 Å². The highest BCUT2D eigenvalue weighted by Crippen LogP contribution is 2.24. The molecular formula is C22H26ClN3. The maximum absolute atomic E-state index is 5.96. The van der Waals surface area contributed by atoms with Gasteiger partial charge in [-0.15, -0.1) is 0 Å². The molecule has 26 heavy (non-hydrogen) atoms. The summed E-state index contributed by atoms with van der Waals surface area (Å²) in [6, 6.07) is 9.05. The predicted octanol–water partition coefficient (Wildman–Crippen LogP) is 4.16.